The van der Waals surface area contributed by atoms with Gasteiger partial charge in [0.1, 0.15) is 22.8 Å². The molecule has 202 valence electrons. The van der Waals surface area contributed by atoms with Crippen LogP contribution in [0.5, 0.6) is 17.2 Å². The fourth-order valence-corrected chi connectivity index (χ4v) is 5.85. The highest BCUT2D eigenvalue weighted by Gasteiger charge is 2.49. The number of Topliss-reactive ketones (excluding diaryl/α,β-unsaturated/α-hetero) is 1. The Balaban J connectivity index is 1.68. The van der Waals surface area contributed by atoms with Gasteiger partial charge in [-0.05, 0) is 25.8 Å². The van der Waals surface area contributed by atoms with Crippen molar-refractivity contribution in [3.63, 3.8) is 0 Å². The van der Waals surface area contributed by atoms with E-state index < -0.39 is 76.6 Å². The topological polar surface area (TPSA) is 160 Å². The lowest BCUT2D eigenvalue weighted by atomic mass is 9.72. The van der Waals surface area contributed by atoms with Crippen LogP contribution in [0.2, 0.25) is 0 Å². The second-order valence-electron chi connectivity index (χ2n) is 10.4. The third kappa shape index (κ3) is 3.82. The van der Waals surface area contributed by atoms with Crippen molar-refractivity contribution in [2.45, 2.75) is 70.2 Å². The molecule has 1 saturated heterocycles. The number of benzene rings is 2. The lowest BCUT2D eigenvalue weighted by Gasteiger charge is -2.42. The van der Waals surface area contributed by atoms with E-state index in [2.05, 4.69) is 0 Å². The van der Waals surface area contributed by atoms with Crippen LogP contribution >= 0.6 is 0 Å². The number of phenols is 2. The summed E-state index contributed by atoms with van der Waals surface area (Å²) < 4.78 is 17.2. The summed E-state index contributed by atoms with van der Waals surface area (Å²) in [6.45, 7) is 4.72. The van der Waals surface area contributed by atoms with Gasteiger partial charge in [0, 0.05) is 36.0 Å². The van der Waals surface area contributed by atoms with E-state index >= 15 is 0 Å². The molecule has 5 rings (SSSR count). The number of carbonyl (C=O) groups excluding carboxylic acids is 3. The Morgan fingerprint density at radius 1 is 1.08 bits per heavy atom. The van der Waals surface area contributed by atoms with Crippen LogP contribution in [0.25, 0.3) is 0 Å². The van der Waals surface area contributed by atoms with Crippen LogP contribution in [0.4, 0.5) is 0 Å². The van der Waals surface area contributed by atoms with Gasteiger partial charge in [-0.25, -0.2) is 0 Å². The molecule has 0 spiro atoms. The molecule has 1 heterocycles. The molecule has 0 unspecified atom stereocenters. The van der Waals surface area contributed by atoms with E-state index in [4.69, 9.17) is 14.2 Å². The number of aliphatic hydroxyl groups is 2. The Labute approximate surface area is 218 Å². The summed E-state index contributed by atoms with van der Waals surface area (Å²) in [7, 11) is 1.35. The first kappa shape index (κ1) is 26.3. The van der Waals surface area contributed by atoms with Gasteiger partial charge in [-0.3, -0.25) is 14.4 Å². The molecule has 2 aromatic carbocycles. The van der Waals surface area contributed by atoms with E-state index in [1.165, 1.54) is 32.2 Å². The van der Waals surface area contributed by atoms with Crippen molar-refractivity contribution in [3.8, 4) is 17.2 Å². The second kappa shape index (κ2) is 9.16. The maximum Gasteiger partial charge on any atom is 0.202 e. The monoisotopic (exact) mass is 526 g/mol. The van der Waals surface area contributed by atoms with Crippen molar-refractivity contribution in [3.05, 3.63) is 51.6 Å². The van der Waals surface area contributed by atoms with Crippen molar-refractivity contribution in [1.29, 1.82) is 0 Å². The number of hydrogen-bond donors (Lipinski definition) is 4. The molecule has 1 aliphatic heterocycles. The Morgan fingerprint density at radius 2 is 1.76 bits per heavy atom. The minimum absolute atomic E-state index is 0.000854. The first-order valence-corrected chi connectivity index (χ1v) is 12.5. The Bertz CT molecular complexity index is 1350. The number of carbonyl (C=O) groups is 3. The molecule has 4 N–H and O–H groups in total. The molecule has 10 heteroatoms. The average molecular weight is 527 g/mol. The van der Waals surface area contributed by atoms with Gasteiger partial charge in [0.2, 0.25) is 5.78 Å². The Kier molecular flexibility index (Phi) is 6.34. The van der Waals surface area contributed by atoms with Crippen LogP contribution in [-0.2, 0) is 20.7 Å². The molecular weight excluding hydrogens is 496 g/mol. The summed E-state index contributed by atoms with van der Waals surface area (Å²) >= 11 is 0. The Hall–Kier alpha value is -3.31. The van der Waals surface area contributed by atoms with E-state index in [1.807, 2.05) is 6.92 Å². The zero-order valence-corrected chi connectivity index (χ0v) is 21.5. The van der Waals surface area contributed by atoms with Gasteiger partial charge in [-0.15, -0.1) is 0 Å². The minimum Gasteiger partial charge on any atom is -0.507 e. The number of phenolic OH excluding ortho intramolecular Hbond substituents is 2. The van der Waals surface area contributed by atoms with Crippen LogP contribution in [0.15, 0.2) is 18.2 Å². The van der Waals surface area contributed by atoms with E-state index in [9.17, 15) is 34.8 Å². The first-order valence-electron chi connectivity index (χ1n) is 12.5. The van der Waals surface area contributed by atoms with Gasteiger partial charge in [-0.1, -0.05) is 19.1 Å². The second-order valence-corrected chi connectivity index (χ2v) is 10.4. The molecule has 6 atom stereocenters. The Morgan fingerprint density at radius 3 is 2.39 bits per heavy atom. The number of hydrogen-bond acceptors (Lipinski definition) is 10. The highest BCUT2D eigenvalue weighted by atomic mass is 16.7. The van der Waals surface area contributed by atoms with Crippen LogP contribution in [-0.4, -0.2) is 69.0 Å². The van der Waals surface area contributed by atoms with Crippen LogP contribution in [0.1, 0.15) is 82.7 Å². The number of methoxy groups -OCH3 is 1. The van der Waals surface area contributed by atoms with Gasteiger partial charge in [0.25, 0.3) is 0 Å². The van der Waals surface area contributed by atoms with E-state index in [1.54, 1.807) is 6.92 Å². The van der Waals surface area contributed by atoms with Crippen LogP contribution in [0.3, 0.4) is 0 Å². The summed E-state index contributed by atoms with van der Waals surface area (Å²) in [6.07, 6.45) is -3.72. The van der Waals surface area contributed by atoms with E-state index in [0.29, 0.717) is 0 Å². The number of rotatable bonds is 4. The maximum atomic E-state index is 13.6. The molecule has 1 fully saturated rings. The molecular formula is C28H30O10. The fraction of sp³-hybridized carbons (Fsp3) is 0.464. The van der Waals surface area contributed by atoms with Crippen molar-refractivity contribution in [2.75, 3.05) is 7.11 Å². The third-order valence-corrected chi connectivity index (χ3v) is 8.04. The summed E-state index contributed by atoms with van der Waals surface area (Å²) in [5, 5.41) is 44.3. The van der Waals surface area contributed by atoms with Gasteiger partial charge < -0.3 is 34.6 Å². The zero-order chi connectivity index (χ0) is 27.7. The molecule has 0 saturated carbocycles. The lowest BCUT2D eigenvalue weighted by molar-refractivity contribution is -0.255. The highest BCUT2D eigenvalue weighted by molar-refractivity contribution is 6.31. The lowest BCUT2D eigenvalue weighted by Crippen LogP contribution is -2.47. The molecule has 0 bridgehead atoms. The third-order valence-electron chi connectivity index (χ3n) is 8.04. The number of ether oxygens (including phenoxy) is 3. The van der Waals surface area contributed by atoms with Gasteiger partial charge in [0.15, 0.2) is 17.9 Å². The SMILES string of the molecule is COc1cccc2c1C(=O)c1c(O)c3c(c(O)c1C2=O)C[C@@](O)(C(C)=O)C[C@@H]3O[C@H]1C[C@H](C)[C@H](O)[C@H](C)O1. The zero-order valence-electron chi connectivity index (χ0n) is 21.5. The maximum absolute atomic E-state index is 13.6. The highest BCUT2D eigenvalue weighted by Crippen LogP contribution is 2.52. The van der Waals surface area contributed by atoms with Crippen molar-refractivity contribution < 1.29 is 49.0 Å². The quantitative estimate of drug-likeness (QED) is 0.372. The van der Waals surface area contributed by atoms with Crippen molar-refractivity contribution in [1.82, 2.24) is 0 Å². The predicted octanol–water partition coefficient (Wildman–Crippen LogP) is 2.34. The van der Waals surface area contributed by atoms with Crippen LogP contribution in [0, 0.1) is 5.92 Å². The number of aromatic hydroxyl groups is 2. The molecule has 3 aliphatic rings. The fourth-order valence-electron chi connectivity index (χ4n) is 5.85. The normalized spacial score (nSPS) is 30.3. The summed E-state index contributed by atoms with van der Waals surface area (Å²) in [5.41, 5.74) is -2.86. The van der Waals surface area contributed by atoms with Gasteiger partial charge in [-0.2, -0.15) is 0 Å². The molecule has 0 amide bonds. The summed E-state index contributed by atoms with van der Waals surface area (Å²) in [5.74, 6) is -3.23. The average Bonchev–Trinajstić information content (AvgIpc) is 2.87. The first-order chi connectivity index (χ1) is 17.9. The number of ketones is 3. The number of aliphatic hydroxyl groups excluding tert-OH is 1. The van der Waals surface area contributed by atoms with Crippen LogP contribution < -0.4 is 4.74 Å². The van der Waals surface area contributed by atoms with E-state index in [-0.39, 0.29) is 46.8 Å². The van der Waals surface area contributed by atoms with E-state index in [0.717, 1.165) is 0 Å². The predicted molar refractivity (Wildman–Crippen MR) is 132 cm³/mol. The van der Waals surface area contributed by atoms with Gasteiger partial charge in [0.05, 0.1) is 42.1 Å². The smallest absolute Gasteiger partial charge is 0.202 e. The molecule has 2 aromatic rings. The van der Waals surface area contributed by atoms with Crippen molar-refractivity contribution in [2.24, 2.45) is 5.92 Å². The minimum atomic E-state index is -1.97. The molecule has 2 aliphatic carbocycles. The molecule has 38 heavy (non-hydrogen) atoms. The summed E-state index contributed by atoms with van der Waals surface area (Å²) in [6, 6.07) is 4.47. The molecule has 0 radical (unpaired) electrons. The van der Waals surface area contributed by atoms with Gasteiger partial charge >= 0.3 is 0 Å². The summed E-state index contributed by atoms with van der Waals surface area (Å²) in [4.78, 5) is 39.6. The molecule has 0 aromatic heterocycles. The van der Waals surface area contributed by atoms with Crippen molar-refractivity contribution >= 4 is 17.3 Å². The number of fused-ring (bicyclic) bond motifs is 3. The largest absolute Gasteiger partial charge is 0.507 e. The molecule has 10 nitrogen and oxygen atoms in total. The standard InChI is InChI=1S/C28H30O10/c1-11-8-18(37-12(2)23(11)30)38-17-10-28(35,13(3)29)9-15-20(17)27(34)22-21(25(15)32)24(31)14-6-5-7-16(36-4)19(14)26(22)33/h5-7,11-12,17-18,23,30,32,34-35H,8-10H2,1-4H3/t11-,12-,17-,18-,23-,28-/m0/s1.